The van der Waals surface area contributed by atoms with Gasteiger partial charge in [0, 0.05) is 7.05 Å². The van der Waals surface area contributed by atoms with E-state index in [4.69, 9.17) is 29.4 Å². The van der Waals surface area contributed by atoms with Gasteiger partial charge in [-0.3, -0.25) is 0 Å². The summed E-state index contributed by atoms with van der Waals surface area (Å²) < 4.78 is 40.1. The number of aromatic nitrogens is 1. The second kappa shape index (κ2) is 13.8. The third-order valence-corrected chi connectivity index (χ3v) is 6.10. The molecule has 12 heteroatoms. The van der Waals surface area contributed by atoms with Gasteiger partial charge in [-0.2, -0.15) is 17.2 Å². The van der Waals surface area contributed by atoms with Crippen molar-refractivity contribution in [2.24, 2.45) is 15.8 Å². The number of hydrogen-bond donors (Lipinski definition) is 0. The Labute approximate surface area is 212 Å². The summed E-state index contributed by atoms with van der Waals surface area (Å²) in [4.78, 5) is 5.28. The normalized spacial score (nSPS) is 12.3. The zero-order chi connectivity index (χ0) is 24.3. The number of sulfonamides is 1. The van der Waals surface area contributed by atoms with E-state index in [1.807, 2.05) is 42.8 Å². The van der Waals surface area contributed by atoms with Crippen molar-refractivity contribution in [3.63, 3.8) is 0 Å². The molecule has 2 aromatic carbocycles. The fourth-order valence-electron chi connectivity index (χ4n) is 2.76. The fraction of sp³-hybridized carbons (Fsp3) is 0.143. The van der Waals surface area contributed by atoms with Gasteiger partial charge in [-0.25, -0.2) is 0 Å². The van der Waals surface area contributed by atoms with Crippen LogP contribution in [-0.4, -0.2) is 24.4 Å². The van der Waals surface area contributed by atoms with Gasteiger partial charge in [0.2, 0.25) is 0 Å². The molecule has 0 unspecified atom stereocenters. The van der Waals surface area contributed by atoms with Crippen molar-refractivity contribution < 1.29 is 30.8 Å². The Morgan fingerprint density at radius 1 is 0.909 bits per heavy atom. The predicted molar refractivity (Wildman–Crippen MR) is 131 cm³/mol. The second-order valence-electron chi connectivity index (χ2n) is 6.39. The van der Waals surface area contributed by atoms with E-state index in [2.05, 4.69) is 8.80 Å². The van der Waals surface area contributed by atoms with Crippen LogP contribution in [0.25, 0.3) is 0 Å². The molecule has 0 aliphatic carbocycles. The molecule has 0 amide bonds. The summed E-state index contributed by atoms with van der Waals surface area (Å²) in [5, 5.41) is 0. The molecular formula is C21H21Cl2FeN3O4S2. The average molecular weight is 570 g/mol. The van der Waals surface area contributed by atoms with Gasteiger partial charge in [0.1, 0.15) is 0 Å². The molecule has 0 radical (unpaired) electrons. The van der Waals surface area contributed by atoms with E-state index < -0.39 is 10.0 Å². The van der Waals surface area contributed by atoms with Crippen LogP contribution in [0.2, 0.25) is 0 Å². The minimum absolute atomic E-state index is 0.156. The van der Waals surface area contributed by atoms with E-state index in [9.17, 15) is 8.42 Å². The van der Waals surface area contributed by atoms with Crippen LogP contribution in [0.3, 0.4) is 0 Å². The van der Waals surface area contributed by atoms with Crippen LogP contribution in [0.15, 0.2) is 86.5 Å². The molecule has 1 aromatic heterocycles. The number of benzene rings is 2. The SMILES string of the molecule is C/C(=N\SOOc1ccccc1)c1ccc(/C(C)=N/S(=O)(=O)c2ccccc2)n1C.[Cl][Fe][Cl]. The van der Waals surface area contributed by atoms with Crippen LogP contribution in [0.5, 0.6) is 5.75 Å². The molecule has 3 aromatic rings. The first-order chi connectivity index (χ1) is 15.8. The van der Waals surface area contributed by atoms with Gasteiger partial charge in [-0.1, -0.05) is 40.7 Å². The zero-order valence-corrected chi connectivity index (χ0v) is 22.1. The van der Waals surface area contributed by atoms with Gasteiger partial charge < -0.3 is 9.45 Å². The summed E-state index contributed by atoms with van der Waals surface area (Å²) in [6.45, 7) is 3.49. The molecule has 0 aliphatic heterocycles. The van der Waals surface area contributed by atoms with Crippen LogP contribution in [0.4, 0.5) is 0 Å². The average Bonchev–Trinajstić information content (AvgIpc) is 3.20. The van der Waals surface area contributed by atoms with Crippen molar-refractivity contribution in [2.45, 2.75) is 18.7 Å². The van der Waals surface area contributed by atoms with Crippen molar-refractivity contribution in [2.75, 3.05) is 0 Å². The van der Waals surface area contributed by atoms with Crippen LogP contribution in [0.1, 0.15) is 25.2 Å². The van der Waals surface area contributed by atoms with Crippen molar-refractivity contribution >= 4 is 53.9 Å². The molecule has 0 atom stereocenters. The standard InChI is InChI=1S/C21H21N3O4S2.2ClH.Fe/c1-16(22-29-28-27-18-10-6-4-7-11-18)20-14-15-21(24(20)3)17(2)23-30(25,26)19-12-8-5-9-13-19;;;/h4-15H,1-3H3;2*1H;/q;;;+2/p-2/b22-16+,23-17+;;;. The van der Waals surface area contributed by atoms with Gasteiger partial charge in [0.05, 0.1) is 27.7 Å². The van der Waals surface area contributed by atoms with E-state index in [0.29, 0.717) is 22.9 Å². The molecule has 7 nitrogen and oxygen atoms in total. The molecule has 3 rings (SSSR count). The summed E-state index contributed by atoms with van der Waals surface area (Å²) >= 11 is 1.01. The quantitative estimate of drug-likeness (QED) is 0.0633. The minimum atomic E-state index is -3.78. The Balaban J connectivity index is 0.00000122. The number of rotatable bonds is 8. The molecule has 0 saturated carbocycles. The summed E-state index contributed by atoms with van der Waals surface area (Å²) in [6, 6.07) is 20.9. The molecule has 0 fully saturated rings. The molecule has 0 bridgehead atoms. The van der Waals surface area contributed by atoms with Crippen LogP contribution < -0.4 is 4.89 Å². The van der Waals surface area contributed by atoms with E-state index in [1.54, 1.807) is 43.3 Å². The first-order valence-electron chi connectivity index (χ1n) is 9.28. The molecule has 0 aliphatic rings. The number of halogens is 2. The molecule has 0 N–H and O–H groups in total. The van der Waals surface area contributed by atoms with Crippen molar-refractivity contribution in [3.05, 3.63) is 84.2 Å². The van der Waals surface area contributed by atoms with E-state index in [1.165, 1.54) is 12.1 Å². The molecular weight excluding hydrogens is 549 g/mol. The van der Waals surface area contributed by atoms with Gasteiger partial charge in [-0.05, 0) is 50.2 Å². The summed E-state index contributed by atoms with van der Waals surface area (Å²) in [5.41, 5.74) is 2.54. The monoisotopic (exact) mass is 569 g/mol. The zero-order valence-electron chi connectivity index (χ0n) is 17.8. The van der Waals surface area contributed by atoms with Crippen LogP contribution in [0, 0.1) is 0 Å². The van der Waals surface area contributed by atoms with Gasteiger partial charge >= 0.3 is 33.3 Å². The third-order valence-electron chi connectivity index (χ3n) is 4.24. The predicted octanol–water partition coefficient (Wildman–Crippen LogP) is 5.98. The summed E-state index contributed by atoms with van der Waals surface area (Å²) in [7, 11) is 7.58. The fourth-order valence-corrected chi connectivity index (χ4v) is 4.16. The van der Waals surface area contributed by atoms with Crippen LogP contribution in [-0.2, 0) is 34.5 Å². The van der Waals surface area contributed by atoms with Gasteiger partial charge in [0.15, 0.2) is 18.0 Å². The number of hydrogen-bond acceptors (Lipinski definition) is 6. The van der Waals surface area contributed by atoms with Crippen molar-refractivity contribution in [1.82, 2.24) is 4.57 Å². The Morgan fingerprint density at radius 2 is 1.42 bits per heavy atom. The summed E-state index contributed by atoms with van der Waals surface area (Å²) in [5.74, 6) is 0.575. The second-order valence-corrected chi connectivity index (χ2v) is 10.3. The van der Waals surface area contributed by atoms with E-state index in [0.717, 1.165) is 17.9 Å². The summed E-state index contributed by atoms with van der Waals surface area (Å²) in [6.07, 6.45) is 0. The first kappa shape index (κ1) is 27.5. The Kier molecular flexibility index (Phi) is 11.5. The Hall–Kier alpha value is -1.78. The van der Waals surface area contributed by atoms with Crippen LogP contribution >= 0.6 is 32.4 Å². The molecule has 1 heterocycles. The van der Waals surface area contributed by atoms with Gasteiger partial charge in [-0.15, -0.1) is 0 Å². The molecule has 0 spiro atoms. The van der Waals surface area contributed by atoms with E-state index in [-0.39, 0.29) is 18.0 Å². The van der Waals surface area contributed by atoms with Crippen molar-refractivity contribution in [3.8, 4) is 5.75 Å². The van der Waals surface area contributed by atoms with Gasteiger partial charge in [0.25, 0.3) is 10.0 Å². The van der Waals surface area contributed by atoms with E-state index >= 15 is 0 Å². The maximum absolute atomic E-state index is 12.5. The maximum atomic E-state index is 12.5. The molecule has 0 saturated heterocycles. The topological polar surface area (TPSA) is 82.2 Å². The first-order valence-corrected chi connectivity index (χ1v) is 14.5. The Bertz CT molecular complexity index is 1190. The number of para-hydroxylation sites is 1. The van der Waals surface area contributed by atoms with Crippen molar-refractivity contribution in [1.29, 1.82) is 0 Å². The Morgan fingerprint density at radius 3 is 2.00 bits per heavy atom. The molecule has 33 heavy (non-hydrogen) atoms. The molecule has 178 valence electrons. The third kappa shape index (κ3) is 8.50. The number of nitrogens with zero attached hydrogens (tertiary/aromatic N) is 3.